The lowest BCUT2D eigenvalue weighted by atomic mass is 9.95. The van der Waals surface area contributed by atoms with Gasteiger partial charge in [-0.1, -0.05) is 85.3 Å². The highest BCUT2D eigenvalue weighted by Gasteiger charge is 2.35. The number of rotatable bonds is 12. The molecule has 1 fully saturated rings. The number of nitrogens with zero attached hydrogens (tertiary/aromatic N) is 2. The van der Waals surface area contributed by atoms with Gasteiger partial charge in [-0.05, 0) is 69.0 Å². The monoisotopic (exact) mass is 639 g/mol. The molecule has 10 heteroatoms. The number of aryl methyl sites for hydroxylation is 2. The molecule has 3 aromatic rings. The average Bonchev–Trinajstić information content (AvgIpc) is 3.00. The molecule has 4 rings (SSSR count). The van der Waals surface area contributed by atoms with Gasteiger partial charge in [-0.3, -0.25) is 13.9 Å². The van der Waals surface area contributed by atoms with Gasteiger partial charge in [-0.2, -0.15) is 0 Å². The Balaban J connectivity index is 1.76. The number of methoxy groups -OCH3 is 1. The maximum absolute atomic E-state index is 14.4. The van der Waals surface area contributed by atoms with Gasteiger partial charge < -0.3 is 15.0 Å². The highest BCUT2D eigenvalue weighted by Crippen LogP contribution is 2.35. The summed E-state index contributed by atoms with van der Waals surface area (Å²) >= 11 is 6.34. The summed E-state index contributed by atoms with van der Waals surface area (Å²) in [5, 5.41) is 3.46. The number of anilines is 1. The molecular formula is C34H42ClN3O5S. The molecule has 3 aromatic carbocycles. The second kappa shape index (κ2) is 14.9. The Hall–Kier alpha value is -3.56. The summed E-state index contributed by atoms with van der Waals surface area (Å²) in [5.74, 6) is -0.506. The van der Waals surface area contributed by atoms with Gasteiger partial charge in [-0.25, -0.2) is 8.42 Å². The first kappa shape index (κ1) is 33.3. The number of carbonyl (C=O) groups excluding carboxylic acids is 2. The number of sulfonamides is 1. The third-order valence-corrected chi connectivity index (χ3v) is 10.1. The molecule has 1 unspecified atom stereocenters. The Morgan fingerprint density at radius 2 is 1.68 bits per heavy atom. The van der Waals surface area contributed by atoms with Gasteiger partial charge in [0.1, 0.15) is 18.3 Å². The second-order valence-corrected chi connectivity index (χ2v) is 13.7. The SMILES string of the molecule is CCC(C(=O)NC1CCCCC1)N(Cc1cccc(C)c1)C(=O)CN(c1cc(Cl)ccc1OC)S(=O)(=O)c1ccc(C)cc1. The molecule has 44 heavy (non-hydrogen) atoms. The lowest BCUT2D eigenvalue weighted by Gasteiger charge is -2.34. The quantitative estimate of drug-likeness (QED) is 0.247. The van der Waals surface area contributed by atoms with Crippen molar-refractivity contribution >= 4 is 39.1 Å². The van der Waals surface area contributed by atoms with Gasteiger partial charge in [0, 0.05) is 17.6 Å². The number of hydrogen-bond acceptors (Lipinski definition) is 5. The fourth-order valence-corrected chi connectivity index (χ4v) is 7.26. The van der Waals surface area contributed by atoms with Crippen molar-refractivity contribution in [2.24, 2.45) is 0 Å². The number of amides is 2. The fourth-order valence-electron chi connectivity index (χ4n) is 5.68. The molecule has 0 bridgehead atoms. The highest BCUT2D eigenvalue weighted by atomic mass is 35.5. The largest absolute Gasteiger partial charge is 0.495 e. The Morgan fingerprint density at radius 3 is 2.32 bits per heavy atom. The van der Waals surface area contributed by atoms with Gasteiger partial charge in [-0.15, -0.1) is 0 Å². The normalized spacial score (nSPS) is 14.5. The summed E-state index contributed by atoms with van der Waals surface area (Å²) in [6.07, 6.45) is 5.44. The maximum atomic E-state index is 14.4. The van der Waals surface area contributed by atoms with Gasteiger partial charge >= 0.3 is 0 Å². The summed E-state index contributed by atoms with van der Waals surface area (Å²) in [5.41, 5.74) is 2.88. The fraction of sp³-hybridized carbons (Fsp3) is 0.412. The van der Waals surface area contributed by atoms with E-state index in [0.29, 0.717) is 6.42 Å². The van der Waals surface area contributed by atoms with Crippen LogP contribution in [0.25, 0.3) is 0 Å². The highest BCUT2D eigenvalue weighted by molar-refractivity contribution is 7.92. The zero-order chi connectivity index (χ0) is 31.9. The first-order valence-electron chi connectivity index (χ1n) is 15.1. The average molecular weight is 640 g/mol. The molecule has 2 amide bonds. The lowest BCUT2D eigenvalue weighted by molar-refractivity contribution is -0.140. The molecule has 1 N–H and O–H groups in total. The van der Waals surface area contributed by atoms with Crippen molar-refractivity contribution in [2.45, 2.75) is 82.8 Å². The summed E-state index contributed by atoms with van der Waals surface area (Å²) in [6, 6.07) is 18.1. The standard InChI is InChI=1S/C34H42ClN3O5S/c1-5-30(34(40)36-28-12-7-6-8-13-28)37(22-26-11-9-10-25(3)20-26)33(39)23-38(31-21-27(35)16-19-32(31)43-4)44(41,42)29-17-14-24(2)15-18-29/h9-11,14-21,28,30H,5-8,12-13,22-23H2,1-4H3,(H,36,40). The van der Waals surface area contributed by atoms with Crippen molar-refractivity contribution in [3.8, 4) is 5.75 Å². The number of carbonyl (C=O) groups is 2. The Labute approximate surface area is 266 Å². The molecule has 0 spiro atoms. The van der Waals surface area contributed by atoms with Crippen LogP contribution in [-0.2, 0) is 26.2 Å². The third-order valence-electron chi connectivity index (χ3n) is 8.07. The van der Waals surface area contributed by atoms with E-state index in [1.807, 2.05) is 45.0 Å². The van der Waals surface area contributed by atoms with Crippen molar-refractivity contribution in [1.29, 1.82) is 0 Å². The van der Waals surface area contributed by atoms with E-state index in [2.05, 4.69) is 5.32 Å². The van der Waals surface area contributed by atoms with Crippen LogP contribution in [0.15, 0.2) is 71.6 Å². The van der Waals surface area contributed by atoms with E-state index in [1.165, 1.54) is 30.2 Å². The third kappa shape index (κ3) is 8.12. The van der Waals surface area contributed by atoms with E-state index >= 15 is 0 Å². The van der Waals surface area contributed by atoms with Gasteiger partial charge in [0.05, 0.1) is 17.7 Å². The van der Waals surface area contributed by atoms with Crippen LogP contribution < -0.4 is 14.4 Å². The summed E-state index contributed by atoms with van der Waals surface area (Å²) in [6.45, 7) is 5.27. The number of benzene rings is 3. The van der Waals surface area contributed by atoms with Crippen LogP contribution in [-0.4, -0.2) is 50.9 Å². The molecule has 1 atom stereocenters. The van der Waals surface area contributed by atoms with Crippen LogP contribution >= 0.6 is 11.6 Å². The van der Waals surface area contributed by atoms with Crippen molar-refractivity contribution in [3.63, 3.8) is 0 Å². The lowest BCUT2D eigenvalue weighted by Crippen LogP contribution is -2.54. The molecule has 0 heterocycles. The van der Waals surface area contributed by atoms with E-state index in [1.54, 1.807) is 24.3 Å². The summed E-state index contributed by atoms with van der Waals surface area (Å²) < 4.78 is 34.9. The molecule has 236 valence electrons. The minimum absolute atomic E-state index is 0.0187. The van der Waals surface area contributed by atoms with E-state index < -0.39 is 28.5 Å². The Bertz CT molecular complexity index is 1560. The van der Waals surface area contributed by atoms with Gasteiger partial charge in [0.2, 0.25) is 11.8 Å². The van der Waals surface area contributed by atoms with E-state index in [4.69, 9.17) is 16.3 Å². The molecule has 1 aliphatic carbocycles. The molecule has 8 nitrogen and oxygen atoms in total. The Morgan fingerprint density at radius 1 is 0.977 bits per heavy atom. The van der Waals surface area contributed by atoms with Crippen molar-refractivity contribution in [3.05, 3.63) is 88.4 Å². The predicted molar refractivity (Wildman–Crippen MR) is 175 cm³/mol. The molecule has 1 saturated carbocycles. The van der Waals surface area contributed by atoms with Crippen molar-refractivity contribution < 1.29 is 22.7 Å². The summed E-state index contributed by atoms with van der Waals surface area (Å²) in [4.78, 5) is 29.6. The van der Waals surface area contributed by atoms with Crippen molar-refractivity contribution in [2.75, 3.05) is 18.0 Å². The second-order valence-electron chi connectivity index (χ2n) is 11.4. The Kier molecular flexibility index (Phi) is 11.3. The van der Waals surface area contributed by atoms with Crippen LogP contribution in [0.5, 0.6) is 5.75 Å². The smallest absolute Gasteiger partial charge is 0.264 e. The molecule has 0 radical (unpaired) electrons. The van der Waals surface area contributed by atoms with Gasteiger partial charge in [0.15, 0.2) is 0 Å². The number of ether oxygens (including phenoxy) is 1. The predicted octanol–water partition coefficient (Wildman–Crippen LogP) is 6.42. The summed E-state index contributed by atoms with van der Waals surface area (Å²) in [7, 11) is -2.83. The molecule has 0 saturated heterocycles. The number of hydrogen-bond donors (Lipinski definition) is 1. The minimum atomic E-state index is -4.26. The number of nitrogens with one attached hydrogen (secondary N) is 1. The maximum Gasteiger partial charge on any atom is 0.264 e. The van der Waals surface area contributed by atoms with E-state index in [-0.39, 0.29) is 39.8 Å². The van der Waals surface area contributed by atoms with Crippen LogP contribution in [0.3, 0.4) is 0 Å². The first-order valence-corrected chi connectivity index (χ1v) is 16.9. The molecular weight excluding hydrogens is 598 g/mol. The van der Waals surface area contributed by atoms with Crippen LogP contribution in [0.2, 0.25) is 5.02 Å². The van der Waals surface area contributed by atoms with Crippen LogP contribution in [0.4, 0.5) is 5.69 Å². The molecule has 0 aliphatic heterocycles. The van der Waals surface area contributed by atoms with Gasteiger partial charge in [0.25, 0.3) is 10.0 Å². The number of halogens is 1. The van der Waals surface area contributed by atoms with E-state index in [0.717, 1.165) is 53.1 Å². The molecule has 0 aromatic heterocycles. The molecule has 1 aliphatic rings. The zero-order valence-electron chi connectivity index (χ0n) is 25.9. The minimum Gasteiger partial charge on any atom is -0.495 e. The van der Waals surface area contributed by atoms with Crippen molar-refractivity contribution in [1.82, 2.24) is 10.2 Å². The van der Waals surface area contributed by atoms with E-state index in [9.17, 15) is 18.0 Å². The van der Waals surface area contributed by atoms with Crippen LogP contribution in [0, 0.1) is 13.8 Å². The topological polar surface area (TPSA) is 96.0 Å². The first-order chi connectivity index (χ1) is 21.0. The zero-order valence-corrected chi connectivity index (χ0v) is 27.5. The van der Waals surface area contributed by atoms with Crippen LogP contribution in [0.1, 0.15) is 62.1 Å².